The van der Waals surface area contributed by atoms with Gasteiger partial charge in [-0.2, -0.15) is 0 Å². The van der Waals surface area contributed by atoms with Gasteiger partial charge in [0.05, 0.1) is 19.7 Å². The minimum atomic E-state index is -0.464. The standard InChI is InChI=1S/C12H15N3O3/c1-18-10-5-3-2-4-8(10)9(13)7-15-11(16)6-14-12(15)17/h2-5,9H,6-7,13H2,1H3,(H,14,17). The topological polar surface area (TPSA) is 84.7 Å². The summed E-state index contributed by atoms with van der Waals surface area (Å²) in [5, 5.41) is 2.46. The van der Waals surface area contributed by atoms with Crippen molar-refractivity contribution in [2.45, 2.75) is 6.04 Å². The van der Waals surface area contributed by atoms with E-state index in [0.29, 0.717) is 5.75 Å². The Kier molecular flexibility index (Phi) is 3.47. The van der Waals surface area contributed by atoms with Crippen molar-refractivity contribution in [1.29, 1.82) is 0 Å². The molecule has 2 rings (SSSR count). The number of hydrogen-bond acceptors (Lipinski definition) is 4. The summed E-state index contributed by atoms with van der Waals surface area (Å²) >= 11 is 0. The summed E-state index contributed by atoms with van der Waals surface area (Å²) in [5.74, 6) is 0.391. The van der Waals surface area contributed by atoms with Crippen LogP contribution in [0.4, 0.5) is 4.79 Å². The van der Waals surface area contributed by atoms with E-state index in [9.17, 15) is 9.59 Å². The van der Waals surface area contributed by atoms with Gasteiger partial charge in [0.2, 0.25) is 5.91 Å². The molecule has 1 aromatic rings. The molecule has 0 bridgehead atoms. The van der Waals surface area contributed by atoms with Crippen LogP contribution in [0.15, 0.2) is 24.3 Å². The highest BCUT2D eigenvalue weighted by atomic mass is 16.5. The molecule has 1 aliphatic rings. The van der Waals surface area contributed by atoms with E-state index in [1.807, 2.05) is 18.2 Å². The van der Waals surface area contributed by atoms with Crippen molar-refractivity contribution < 1.29 is 14.3 Å². The Labute approximate surface area is 105 Å². The number of hydrogen-bond donors (Lipinski definition) is 2. The number of imide groups is 1. The van der Waals surface area contributed by atoms with E-state index in [2.05, 4.69) is 5.32 Å². The van der Waals surface area contributed by atoms with Crippen LogP contribution in [0.2, 0.25) is 0 Å². The second kappa shape index (κ2) is 5.05. The highest BCUT2D eigenvalue weighted by Crippen LogP contribution is 2.24. The molecular formula is C12H15N3O3. The van der Waals surface area contributed by atoms with Crippen LogP contribution in [-0.4, -0.2) is 37.0 Å². The molecule has 96 valence electrons. The van der Waals surface area contributed by atoms with Crippen molar-refractivity contribution in [3.05, 3.63) is 29.8 Å². The lowest BCUT2D eigenvalue weighted by Gasteiger charge is -2.20. The molecule has 6 heteroatoms. The van der Waals surface area contributed by atoms with Gasteiger partial charge >= 0.3 is 6.03 Å². The van der Waals surface area contributed by atoms with Crippen molar-refractivity contribution in [3.8, 4) is 5.75 Å². The Morgan fingerprint density at radius 2 is 2.17 bits per heavy atom. The first-order valence-electron chi connectivity index (χ1n) is 5.60. The van der Waals surface area contributed by atoms with E-state index >= 15 is 0 Å². The monoisotopic (exact) mass is 249 g/mol. The predicted molar refractivity (Wildman–Crippen MR) is 65.0 cm³/mol. The van der Waals surface area contributed by atoms with Gasteiger partial charge in [-0.3, -0.25) is 9.69 Å². The van der Waals surface area contributed by atoms with Crippen LogP contribution < -0.4 is 15.8 Å². The second-order valence-corrected chi connectivity index (χ2v) is 4.01. The molecule has 1 atom stereocenters. The van der Waals surface area contributed by atoms with Crippen molar-refractivity contribution in [1.82, 2.24) is 10.2 Å². The lowest BCUT2D eigenvalue weighted by molar-refractivity contribution is -0.125. The van der Waals surface area contributed by atoms with Gasteiger partial charge in [0, 0.05) is 12.1 Å². The third-order valence-electron chi connectivity index (χ3n) is 2.85. The fourth-order valence-corrected chi connectivity index (χ4v) is 1.91. The highest BCUT2D eigenvalue weighted by molar-refractivity contribution is 6.01. The number of methoxy groups -OCH3 is 1. The van der Waals surface area contributed by atoms with Crippen LogP contribution in [0.5, 0.6) is 5.75 Å². The van der Waals surface area contributed by atoms with Crippen LogP contribution in [0.1, 0.15) is 11.6 Å². The first-order valence-corrected chi connectivity index (χ1v) is 5.60. The molecule has 1 saturated heterocycles. The van der Waals surface area contributed by atoms with Gasteiger partial charge in [-0.15, -0.1) is 0 Å². The Hall–Kier alpha value is -2.08. The number of carbonyl (C=O) groups excluding carboxylic acids is 2. The minimum Gasteiger partial charge on any atom is -0.496 e. The first kappa shape index (κ1) is 12.4. The highest BCUT2D eigenvalue weighted by Gasteiger charge is 2.30. The van der Waals surface area contributed by atoms with Gasteiger partial charge in [-0.05, 0) is 6.07 Å². The van der Waals surface area contributed by atoms with Crippen molar-refractivity contribution >= 4 is 11.9 Å². The zero-order valence-electron chi connectivity index (χ0n) is 10.1. The molecule has 0 spiro atoms. The molecule has 1 aliphatic heterocycles. The number of para-hydroxylation sites is 1. The normalized spacial score (nSPS) is 16.7. The molecule has 0 aliphatic carbocycles. The molecule has 0 aromatic heterocycles. The maximum absolute atomic E-state index is 11.5. The molecule has 6 nitrogen and oxygen atoms in total. The van der Waals surface area contributed by atoms with E-state index in [1.54, 1.807) is 13.2 Å². The third kappa shape index (κ3) is 2.28. The van der Waals surface area contributed by atoms with Gasteiger partial charge in [0.15, 0.2) is 0 Å². The number of nitrogens with one attached hydrogen (secondary N) is 1. The zero-order valence-corrected chi connectivity index (χ0v) is 10.1. The quantitative estimate of drug-likeness (QED) is 0.749. The molecule has 0 radical (unpaired) electrons. The fourth-order valence-electron chi connectivity index (χ4n) is 1.91. The van der Waals surface area contributed by atoms with Crippen LogP contribution in [0.25, 0.3) is 0 Å². The molecule has 1 unspecified atom stereocenters. The molecule has 1 fully saturated rings. The van der Waals surface area contributed by atoms with E-state index < -0.39 is 12.1 Å². The first-order chi connectivity index (χ1) is 8.63. The molecule has 0 saturated carbocycles. The summed E-state index contributed by atoms with van der Waals surface area (Å²) in [5.41, 5.74) is 6.79. The number of amides is 3. The van der Waals surface area contributed by atoms with Gasteiger partial charge < -0.3 is 15.8 Å². The summed E-state index contributed by atoms with van der Waals surface area (Å²) in [6.45, 7) is 0.183. The van der Waals surface area contributed by atoms with Crippen LogP contribution >= 0.6 is 0 Å². The smallest absolute Gasteiger partial charge is 0.324 e. The molecular weight excluding hydrogens is 234 g/mol. The summed E-state index contributed by atoms with van der Waals surface area (Å²) in [6.07, 6.45) is 0. The number of benzene rings is 1. The minimum absolute atomic E-state index is 0.0392. The van der Waals surface area contributed by atoms with Crippen LogP contribution in [0.3, 0.4) is 0 Å². The number of urea groups is 1. The van der Waals surface area contributed by atoms with Crippen LogP contribution in [0, 0.1) is 0 Å². The Morgan fingerprint density at radius 3 is 2.78 bits per heavy atom. The number of carbonyl (C=O) groups is 2. The summed E-state index contributed by atoms with van der Waals surface area (Å²) in [6, 6.07) is 6.43. The Morgan fingerprint density at radius 1 is 1.44 bits per heavy atom. The average Bonchev–Trinajstić information content (AvgIpc) is 2.70. The third-order valence-corrected chi connectivity index (χ3v) is 2.85. The number of nitrogens with two attached hydrogens (primary N) is 1. The Balaban J connectivity index is 2.14. The van der Waals surface area contributed by atoms with E-state index in [1.165, 1.54) is 0 Å². The number of ether oxygens (including phenoxy) is 1. The molecule has 3 amide bonds. The van der Waals surface area contributed by atoms with Gasteiger partial charge in [-0.1, -0.05) is 18.2 Å². The summed E-state index contributed by atoms with van der Waals surface area (Å²) in [4.78, 5) is 24.0. The SMILES string of the molecule is COc1ccccc1C(N)CN1C(=O)CNC1=O. The van der Waals surface area contributed by atoms with E-state index in [0.717, 1.165) is 10.5 Å². The second-order valence-electron chi connectivity index (χ2n) is 4.01. The lowest BCUT2D eigenvalue weighted by atomic mass is 10.1. The zero-order chi connectivity index (χ0) is 13.1. The Bertz CT molecular complexity index is 459. The largest absolute Gasteiger partial charge is 0.496 e. The van der Waals surface area contributed by atoms with Gasteiger partial charge in [0.25, 0.3) is 0 Å². The molecule has 1 heterocycles. The van der Waals surface area contributed by atoms with Gasteiger partial charge in [0.1, 0.15) is 5.75 Å². The lowest BCUT2D eigenvalue weighted by Crippen LogP contribution is -2.37. The average molecular weight is 249 g/mol. The molecule has 18 heavy (non-hydrogen) atoms. The van der Waals surface area contributed by atoms with Gasteiger partial charge in [-0.25, -0.2) is 4.79 Å². The van der Waals surface area contributed by atoms with E-state index in [-0.39, 0.29) is 19.0 Å². The van der Waals surface area contributed by atoms with Crippen molar-refractivity contribution in [3.63, 3.8) is 0 Å². The van der Waals surface area contributed by atoms with Crippen molar-refractivity contribution in [2.75, 3.05) is 20.2 Å². The maximum Gasteiger partial charge on any atom is 0.324 e. The maximum atomic E-state index is 11.5. The fraction of sp³-hybridized carbons (Fsp3) is 0.333. The van der Waals surface area contributed by atoms with Crippen molar-refractivity contribution in [2.24, 2.45) is 5.73 Å². The number of nitrogens with zero attached hydrogens (tertiary/aromatic N) is 1. The summed E-state index contributed by atoms with van der Waals surface area (Å²) in [7, 11) is 1.55. The molecule has 3 N–H and O–H groups in total. The number of rotatable bonds is 4. The van der Waals surface area contributed by atoms with Crippen LogP contribution in [-0.2, 0) is 4.79 Å². The van der Waals surface area contributed by atoms with E-state index in [4.69, 9.17) is 10.5 Å². The summed E-state index contributed by atoms with van der Waals surface area (Å²) < 4.78 is 5.20. The predicted octanol–water partition coefficient (Wildman–Crippen LogP) is 0.247. The molecule has 1 aromatic carbocycles.